The molecule has 0 aliphatic rings. The Labute approximate surface area is 158 Å². The van der Waals surface area contributed by atoms with Crippen molar-refractivity contribution in [2.24, 2.45) is 5.92 Å². The number of hydrogen-bond donors (Lipinski definition) is 0. The predicted octanol–water partition coefficient (Wildman–Crippen LogP) is 5.00. The van der Waals surface area contributed by atoms with Crippen LogP contribution in [0.1, 0.15) is 25.0 Å². The molecule has 0 saturated carbocycles. The van der Waals surface area contributed by atoms with Crippen LogP contribution in [0.5, 0.6) is 0 Å². The molecule has 2 aromatic carbocycles. The normalized spacial score (nSPS) is 11.1. The van der Waals surface area contributed by atoms with Gasteiger partial charge in [0.05, 0.1) is 7.11 Å². The second-order valence-electron chi connectivity index (χ2n) is 6.35. The SMILES string of the molecule is CON(C)C(=O)/C=C/C(=C(c1ccc(F)cc1)c1ccc(F)cc1)C(C)C. The molecule has 3 nitrogen and oxygen atoms in total. The number of amides is 1. The number of carbonyl (C=O) groups is 1. The summed E-state index contributed by atoms with van der Waals surface area (Å²) in [7, 11) is 2.93. The second kappa shape index (κ2) is 9.24. The van der Waals surface area contributed by atoms with Crippen molar-refractivity contribution in [2.45, 2.75) is 13.8 Å². The van der Waals surface area contributed by atoms with Crippen molar-refractivity contribution >= 4 is 11.5 Å². The van der Waals surface area contributed by atoms with Gasteiger partial charge >= 0.3 is 0 Å². The number of hydroxylamine groups is 2. The van der Waals surface area contributed by atoms with Crippen LogP contribution < -0.4 is 0 Å². The van der Waals surface area contributed by atoms with Crippen molar-refractivity contribution < 1.29 is 18.4 Å². The minimum Gasteiger partial charge on any atom is -0.274 e. The molecule has 0 aliphatic carbocycles. The maximum atomic E-state index is 13.4. The molecule has 0 saturated heterocycles. The van der Waals surface area contributed by atoms with Crippen molar-refractivity contribution in [1.29, 1.82) is 0 Å². The number of halogens is 2. The van der Waals surface area contributed by atoms with Gasteiger partial charge in [0.2, 0.25) is 0 Å². The van der Waals surface area contributed by atoms with E-state index in [-0.39, 0.29) is 23.5 Å². The molecule has 0 bridgehead atoms. The molecule has 1 amide bonds. The van der Waals surface area contributed by atoms with Gasteiger partial charge in [0.25, 0.3) is 5.91 Å². The Kier molecular flexibility index (Phi) is 7.02. The van der Waals surface area contributed by atoms with Crippen LogP contribution in [-0.2, 0) is 9.63 Å². The Morgan fingerprint density at radius 2 is 1.37 bits per heavy atom. The van der Waals surface area contributed by atoms with Crippen LogP contribution >= 0.6 is 0 Å². The third kappa shape index (κ3) is 5.34. The van der Waals surface area contributed by atoms with Crippen LogP contribution in [-0.4, -0.2) is 25.1 Å². The van der Waals surface area contributed by atoms with E-state index in [9.17, 15) is 13.6 Å². The summed E-state index contributed by atoms with van der Waals surface area (Å²) in [5, 5.41) is 1.11. The number of hydrogen-bond acceptors (Lipinski definition) is 2. The third-order valence-corrected chi connectivity index (χ3v) is 4.17. The van der Waals surface area contributed by atoms with Crippen LogP contribution in [0.4, 0.5) is 8.78 Å². The van der Waals surface area contributed by atoms with E-state index in [2.05, 4.69) is 0 Å². The molecule has 0 spiro atoms. The lowest BCUT2D eigenvalue weighted by atomic mass is 9.87. The first-order valence-electron chi connectivity index (χ1n) is 8.59. The lowest BCUT2D eigenvalue weighted by molar-refractivity contribution is -0.162. The minimum absolute atomic E-state index is 0.0620. The monoisotopic (exact) mass is 371 g/mol. The highest BCUT2D eigenvalue weighted by atomic mass is 19.1. The minimum atomic E-state index is -0.337. The fourth-order valence-electron chi connectivity index (χ4n) is 2.65. The number of carbonyl (C=O) groups excluding carboxylic acids is 1. The highest BCUT2D eigenvalue weighted by Crippen LogP contribution is 2.31. The van der Waals surface area contributed by atoms with Gasteiger partial charge < -0.3 is 0 Å². The molecule has 0 unspecified atom stereocenters. The highest BCUT2D eigenvalue weighted by Gasteiger charge is 2.14. The Morgan fingerprint density at radius 1 is 0.926 bits per heavy atom. The van der Waals surface area contributed by atoms with Crippen molar-refractivity contribution in [1.82, 2.24) is 5.06 Å². The Morgan fingerprint density at radius 3 is 1.74 bits per heavy atom. The lowest BCUT2D eigenvalue weighted by Crippen LogP contribution is -2.23. The molecule has 5 heteroatoms. The smallest absolute Gasteiger partial charge is 0.269 e. The molecule has 27 heavy (non-hydrogen) atoms. The summed E-state index contributed by atoms with van der Waals surface area (Å²) in [5.74, 6) is -0.924. The van der Waals surface area contributed by atoms with Crippen LogP contribution in [0.3, 0.4) is 0 Å². The first-order chi connectivity index (χ1) is 12.8. The standard InChI is InChI=1S/C22H23F2NO2/c1-15(2)20(13-14-21(26)25(3)27-4)22(16-5-9-18(23)10-6-16)17-7-11-19(24)12-8-17/h5-15H,1-4H3/b14-13+. The zero-order valence-corrected chi connectivity index (χ0v) is 15.9. The largest absolute Gasteiger partial charge is 0.274 e. The average molecular weight is 371 g/mol. The van der Waals surface area contributed by atoms with Gasteiger partial charge in [-0.1, -0.05) is 44.2 Å². The van der Waals surface area contributed by atoms with Crippen molar-refractivity contribution in [3.05, 3.63) is 89.0 Å². The molecular weight excluding hydrogens is 348 g/mol. The van der Waals surface area contributed by atoms with Crippen molar-refractivity contribution in [3.8, 4) is 0 Å². The molecule has 0 radical (unpaired) electrons. The van der Waals surface area contributed by atoms with Gasteiger partial charge in [-0.15, -0.1) is 0 Å². The van der Waals surface area contributed by atoms with E-state index in [1.165, 1.54) is 44.5 Å². The fraction of sp³-hybridized carbons (Fsp3) is 0.227. The van der Waals surface area contributed by atoms with Crippen LogP contribution in [0.25, 0.3) is 5.57 Å². The van der Waals surface area contributed by atoms with E-state index in [1.54, 1.807) is 30.3 Å². The number of likely N-dealkylation sites (N-methyl/N-ethyl adjacent to an activating group) is 1. The second-order valence-corrected chi connectivity index (χ2v) is 6.35. The van der Waals surface area contributed by atoms with Gasteiger partial charge in [-0.3, -0.25) is 9.63 Å². The van der Waals surface area contributed by atoms with Crippen LogP contribution in [0.2, 0.25) is 0 Å². The van der Waals surface area contributed by atoms with E-state index in [1.807, 2.05) is 13.8 Å². The van der Waals surface area contributed by atoms with Gasteiger partial charge in [-0.25, -0.2) is 13.8 Å². The lowest BCUT2D eigenvalue weighted by Gasteiger charge is -2.18. The summed E-state index contributed by atoms with van der Waals surface area (Å²) in [6, 6.07) is 12.2. The summed E-state index contributed by atoms with van der Waals surface area (Å²) < 4.78 is 26.8. The molecule has 2 aromatic rings. The van der Waals surface area contributed by atoms with Gasteiger partial charge in [-0.2, -0.15) is 0 Å². The molecule has 0 N–H and O–H groups in total. The highest BCUT2D eigenvalue weighted by molar-refractivity contribution is 5.89. The topological polar surface area (TPSA) is 29.5 Å². The Balaban J connectivity index is 2.64. The molecular formula is C22H23F2NO2. The molecule has 0 heterocycles. The average Bonchev–Trinajstić information content (AvgIpc) is 2.66. The van der Waals surface area contributed by atoms with Gasteiger partial charge in [0.15, 0.2) is 0 Å². The fourth-order valence-corrected chi connectivity index (χ4v) is 2.65. The molecule has 0 aliphatic heterocycles. The number of benzene rings is 2. The zero-order valence-electron chi connectivity index (χ0n) is 15.9. The maximum absolute atomic E-state index is 13.4. The van der Waals surface area contributed by atoms with Gasteiger partial charge in [0, 0.05) is 13.1 Å². The molecule has 142 valence electrons. The summed E-state index contributed by atoms with van der Waals surface area (Å²) >= 11 is 0. The molecule has 0 atom stereocenters. The summed E-state index contributed by atoms with van der Waals surface area (Å²) in [6.07, 6.45) is 3.15. The van der Waals surface area contributed by atoms with Crippen LogP contribution in [0, 0.1) is 17.6 Å². The van der Waals surface area contributed by atoms with E-state index in [0.717, 1.165) is 27.3 Å². The number of rotatable bonds is 6. The predicted molar refractivity (Wildman–Crippen MR) is 103 cm³/mol. The first-order valence-corrected chi connectivity index (χ1v) is 8.59. The Hall–Kier alpha value is -2.79. The molecule has 2 rings (SSSR count). The maximum Gasteiger partial charge on any atom is 0.269 e. The summed E-state index contributed by atoms with van der Waals surface area (Å²) in [4.78, 5) is 17.0. The quantitative estimate of drug-likeness (QED) is 0.406. The van der Waals surface area contributed by atoms with E-state index in [4.69, 9.17) is 4.84 Å². The van der Waals surface area contributed by atoms with E-state index in [0.29, 0.717) is 0 Å². The van der Waals surface area contributed by atoms with E-state index >= 15 is 0 Å². The van der Waals surface area contributed by atoms with Gasteiger partial charge in [0.1, 0.15) is 11.6 Å². The Bertz CT molecular complexity index is 790. The van der Waals surface area contributed by atoms with Crippen molar-refractivity contribution in [2.75, 3.05) is 14.2 Å². The first kappa shape index (κ1) is 20.5. The van der Waals surface area contributed by atoms with Crippen molar-refractivity contribution in [3.63, 3.8) is 0 Å². The number of allylic oxidation sites excluding steroid dienone is 2. The zero-order chi connectivity index (χ0) is 20.0. The summed E-state index contributed by atoms with van der Waals surface area (Å²) in [6.45, 7) is 3.99. The van der Waals surface area contributed by atoms with Crippen LogP contribution in [0.15, 0.2) is 66.3 Å². The molecule has 0 fully saturated rings. The number of nitrogens with zero attached hydrogens (tertiary/aromatic N) is 1. The van der Waals surface area contributed by atoms with Gasteiger partial charge in [-0.05, 0) is 52.5 Å². The molecule has 0 aromatic heterocycles. The summed E-state index contributed by atoms with van der Waals surface area (Å²) in [5.41, 5.74) is 3.24. The third-order valence-electron chi connectivity index (χ3n) is 4.17. The van der Waals surface area contributed by atoms with E-state index < -0.39 is 0 Å².